The van der Waals surface area contributed by atoms with Gasteiger partial charge < -0.3 is 38.3 Å². The molecule has 0 aromatic rings. The minimum absolute atomic E-state index is 0.0377. The molecule has 196 valence electrons. The lowest BCUT2D eigenvalue weighted by atomic mass is 10.1. The fraction of sp³-hybridized carbons (Fsp3) is 1.00. The van der Waals surface area contributed by atoms with E-state index in [0.717, 1.165) is 13.0 Å². The molecule has 32 heavy (non-hydrogen) atoms. The van der Waals surface area contributed by atoms with Crippen LogP contribution in [0.5, 0.6) is 0 Å². The SMILES string of the molecule is CC(C)CCOCCOCCOCCOCCOCCOCCOCCO.O=S(=O)(O)O. The molecule has 13 heteroatoms. The molecule has 0 saturated heterocycles. The summed E-state index contributed by atoms with van der Waals surface area (Å²) >= 11 is 0. The first-order valence-corrected chi connectivity index (χ1v) is 12.0. The molecule has 0 radical (unpaired) electrons. The average Bonchev–Trinajstić information content (AvgIpc) is 2.70. The summed E-state index contributed by atoms with van der Waals surface area (Å²) in [6.07, 6.45) is 1.09. The van der Waals surface area contributed by atoms with Gasteiger partial charge in [-0.2, -0.15) is 8.42 Å². The predicted octanol–water partition coefficient (Wildman–Crippen LogP) is 0.488. The van der Waals surface area contributed by atoms with Crippen molar-refractivity contribution in [3.05, 3.63) is 0 Å². The van der Waals surface area contributed by atoms with Crippen molar-refractivity contribution in [3.8, 4) is 0 Å². The van der Waals surface area contributed by atoms with Crippen molar-refractivity contribution in [2.75, 3.05) is 99.1 Å². The topological polar surface area (TPSA) is 159 Å². The monoisotopic (exact) mass is 494 g/mol. The highest BCUT2D eigenvalue weighted by Gasteiger charge is 1.96. The molecule has 0 atom stereocenters. The second-order valence-electron chi connectivity index (χ2n) is 6.64. The number of hydrogen-bond donors (Lipinski definition) is 3. The Hall–Kier alpha value is -0.450. The normalized spacial score (nSPS) is 11.6. The zero-order valence-electron chi connectivity index (χ0n) is 19.3. The molecule has 0 spiro atoms. The van der Waals surface area contributed by atoms with Crippen molar-refractivity contribution < 1.29 is 55.8 Å². The van der Waals surface area contributed by atoms with E-state index < -0.39 is 10.4 Å². The van der Waals surface area contributed by atoms with Crippen LogP contribution in [0.1, 0.15) is 20.3 Å². The van der Waals surface area contributed by atoms with Crippen LogP contribution in [-0.2, 0) is 43.6 Å². The van der Waals surface area contributed by atoms with Gasteiger partial charge in [-0.15, -0.1) is 0 Å². The maximum atomic E-state index is 8.74. The van der Waals surface area contributed by atoms with E-state index in [4.69, 9.17) is 55.8 Å². The van der Waals surface area contributed by atoms with Crippen LogP contribution in [0.4, 0.5) is 0 Å². The maximum absolute atomic E-state index is 8.74. The summed E-state index contributed by atoms with van der Waals surface area (Å²) < 4.78 is 69.0. The third kappa shape index (κ3) is 43.4. The molecular weight excluding hydrogens is 452 g/mol. The van der Waals surface area contributed by atoms with Crippen molar-refractivity contribution in [1.29, 1.82) is 0 Å². The number of rotatable bonds is 23. The highest BCUT2D eigenvalue weighted by Crippen LogP contribution is 1.98. The molecule has 0 saturated carbocycles. The molecule has 0 heterocycles. The summed E-state index contributed by atoms with van der Waals surface area (Å²) in [6, 6.07) is 0. The van der Waals surface area contributed by atoms with E-state index in [2.05, 4.69) is 13.8 Å². The molecule has 0 aliphatic rings. The lowest BCUT2D eigenvalue weighted by Crippen LogP contribution is -2.14. The highest BCUT2D eigenvalue weighted by molar-refractivity contribution is 7.79. The molecule has 0 fully saturated rings. The number of ether oxygens (including phenoxy) is 7. The van der Waals surface area contributed by atoms with E-state index in [1.165, 1.54) is 0 Å². The van der Waals surface area contributed by atoms with Crippen LogP contribution >= 0.6 is 0 Å². The number of aliphatic hydroxyl groups is 1. The summed E-state index contributed by atoms with van der Waals surface area (Å²) in [5.74, 6) is 0.677. The van der Waals surface area contributed by atoms with Crippen LogP contribution in [0.2, 0.25) is 0 Å². The van der Waals surface area contributed by atoms with Crippen LogP contribution in [0.15, 0.2) is 0 Å². The molecule has 0 bridgehead atoms. The maximum Gasteiger partial charge on any atom is 0.394 e. The summed E-state index contributed by atoms with van der Waals surface area (Å²) in [7, 11) is -4.67. The Morgan fingerprint density at radius 3 is 0.969 bits per heavy atom. The van der Waals surface area contributed by atoms with E-state index in [-0.39, 0.29) is 6.61 Å². The van der Waals surface area contributed by atoms with Gasteiger partial charge in [0.05, 0.1) is 92.5 Å². The first kappa shape index (κ1) is 33.7. The predicted molar refractivity (Wildman–Crippen MR) is 116 cm³/mol. The van der Waals surface area contributed by atoms with Crippen molar-refractivity contribution in [2.45, 2.75) is 20.3 Å². The quantitative estimate of drug-likeness (QED) is 0.133. The molecular formula is C19H42O12S. The van der Waals surface area contributed by atoms with Crippen LogP contribution in [-0.4, -0.2) is 122 Å². The van der Waals surface area contributed by atoms with Crippen molar-refractivity contribution in [1.82, 2.24) is 0 Å². The Morgan fingerprint density at radius 2 is 0.750 bits per heavy atom. The molecule has 3 N–H and O–H groups in total. The van der Waals surface area contributed by atoms with Gasteiger partial charge in [-0.1, -0.05) is 13.8 Å². The van der Waals surface area contributed by atoms with E-state index in [0.29, 0.717) is 91.8 Å². The van der Waals surface area contributed by atoms with Crippen LogP contribution in [0.3, 0.4) is 0 Å². The zero-order chi connectivity index (χ0) is 24.3. The zero-order valence-corrected chi connectivity index (χ0v) is 20.1. The lowest BCUT2D eigenvalue weighted by Gasteiger charge is -2.08. The summed E-state index contributed by atoms with van der Waals surface area (Å²) in [4.78, 5) is 0. The third-order valence-electron chi connectivity index (χ3n) is 3.31. The summed E-state index contributed by atoms with van der Waals surface area (Å²) in [5.41, 5.74) is 0. The fourth-order valence-corrected chi connectivity index (χ4v) is 1.81. The second-order valence-corrected chi connectivity index (χ2v) is 7.54. The Kier molecular flexibility index (Phi) is 28.2. The van der Waals surface area contributed by atoms with Gasteiger partial charge in [0.15, 0.2) is 0 Å². The van der Waals surface area contributed by atoms with Crippen LogP contribution < -0.4 is 0 Å². The van der Waals surface area contributed by atoms with Gasteiger partial charge in [0, 0.05) is 6.61 Å². The van der Waals surface area contributed by atoms with Gasteiger partial charge in [0.25, 0.3) is 0 Å². The first-order valence-electron chi connectivity index (χ1n) is 10.6. The molecule has 0 amide bonds. The van der Waals surface area contributed by atoms with Gasteiger partial charge in [0.2, 0.25) is 0 Å². The van der Waals surface area contributed by atoms with Gasteiger partial charge in [-0.3, -0.25) is 9.11 Å². The standard InChI is InChI=1S/C19H40O8.H2O4S/c1-19(2)3-5-21-7-9-23-11-13-25-15-17-27-18-16-26-14-12-24-10-8-22-6-4-20;1-5(2,3)4/h19-20H,3-18H2,1-2H3;(H2,1,2,3,4). The Balaban J connectivity index is 0. The molecule has 0 rings (SSSR count). The summed E-state index contributed by atoms with van der Waals surface area (Å²) in [5, 5.41) is 8.52. The van der Waals surface area contributed by atoms with Crippen molar-refractivity contribution >= 4 is 10.4 Å². The van der Waals surface area contributed by atoms with Crippen molar-refractivity contribution in [2.24, 2.45) is 5.92 Å². The Bertz CT molecular complexity index is 440. The summed E-state index contributed by atoms with van der Waals surface area (Å²) in [6.45, 7) is 12.1. The minimum atomic E-state index is -4.67. The van der Waals surface area contributed by atoms with E-state index in [1.807, 2.05) is 0 Å². The van der Waals surface area contributed by atoms with Crippen LogP contribution in [0, 0.1) is 5.92 Å². The number of hydrogen-bond acceptors (Lipinski definition) is 10. The van der Waals surface area contributed by atoms with Gasteiger partial charge in [-0.05, 0) is 12.3 Å². The van der Waals surface area contributed by atoms with Gasteiger partial charge >= 0.3 is 10.4 Å². The fourth-order valence-electron chi connectivity index (χ4n) is 1.81. The Morgan fingerprint density at radius 1 is 0.531 bits per heavy atom. The number of aliphatic hydroxyl groups excluding tert-OH is 1. The van der Waals surface area contributed by atoms with E-state index in [9.17, 15) is 0 Å². The largest absolute Gasteiger partial charge is 0.394 e. The smallest absolute Gasteiger partial charge is 0.394 e. The van der Waals surface area contributed by atoms with Crippen LogP contribution in [0.25, 0.3) is 0 Å². The molecule has 0 unspecified atom stereocenters. The van der Waals surface area contributed by atoms with E-state index >= 15 is 0 Å². The van der Waals surface area contributed by atoms with E-state index in [1.54, 1.807) is 0 Å². The Labute approximate surface area is 192 Å². The molecule has 0 aliphatic heterocycles. The lowest BCUT2D eigenvalue weighted by molar-refractivity contribution is -0.0216. The second kappa shape index (κ2) is 26.8. The van der Waals surface area contributed by atoms with Gasteiger partial charge in [-0.25, -0.2) is 0 Å². The first-order chi connectivity index (χ1) is 15.3. The molecule has 12 nitrogen and oxygen atoms in total. The molecule has 0 aromatic heterocycles. The van der Waals surface area contributed by atoms with Crippen molar-refractivity contribution in [3.63, 3.8) is 0 Å². The highest BCUT2D eigenvalue weighted by atomic mass is 32.3. The minimum Gasteiger partial charge on any atom is -0.394 e. The molecule has 0 aliphatic carbocycles. The average molecular weight is 495 g/mol. The molecule has 0 aromatic carbocycles. The van der Waals surface area contributed by atoms with Gasteiger partial charge in [0.1, 0.15) is 0 Å². The third-order valence-corrected chi connectivity index (χ3v) is 3.31.